The molecule has 1 heterocycles. The van der Waals surface area contributed by atoms with E-state index in [9.17, 15) is 22.4 Å². The summed E-state index contributed by atoms with van der Waals surface area (Å²) in [6, 6.07) is 9.35. The molecule has 4 rings (SSSR count). The Kier molecular flexibility index (Phi) is 5.03. The van der Waals surface area contributed by atoms with Crippen molar-refractivity contribution in [1.82, 2.24) is 9.97 Å². The zero-order chi connectivity index (χ0) is 22.4. The predicted octanol–water partition coefficient (Wildman–Crippen LogP) is 5.38. The van der Waals surface area contributed by atoms with Gasteiger partial charge in [-0.2, -0.15) is 13.2 Å². The van der Waals surface area contributed by atoms with E-state index in [-0.39, 0.29) is 5.52 Å². The minimum absolute atomic E-state index is 0.123. The number of alkyl halides is 3. The van der Waals surface area contributed by atoms with Crippen molar-refractivity contribution in [3.63, 3.8) is 0 Å². The normalized spacial score (nSPS) is 18.8. The van der Waals surface area contributed by atoms with E-state index in [1.807, 2.05) is 0 Å². The van der Waals surface area contributed by atoms with Gasteiger partial charge >= 0.3 is 12.1 Å². The van der Waals surface area contributed by atoms with Crippen molar-refractivity contribution in [2.75, 3.05) is 7.11 Å². The average Bonchev–Trinajstić information content (AvgIpc) is 3.20. The highest BCUT2D eigenvalue weighted by Crippen LogP contribution is 2.45. The lowest BCUT2D eigenvalue weighted by molar-refractivity contribution is -0.145. The first-order valence-corrected chi connectivity index (χ1v) is 9.56. The number of aromatic nitrogens is 2. The van der Waals surface area contributed by atoms with Gasteiger partial charge in [-0.05, 0) is 60.2 Å². The fourth-order valence-corrected chi connectivity index (χ4v) is 4.10. The molecule has 0 spiro atoms. The fraction of sp³-hybridized carbons (Fsp3) is 0.261. The third-order valence-electron chi connectivity index (χ3n) is 5.71. The zero-order valence-electron chi connectivity index (χ0n) is 16.8. The smallest absolute Gasteiger partial charge is 0.434 e. The van der Waals surface area contributed by atoms with Crippen LogP contribution in [0, 0.1) is 12.7 Å². The van der Waals surface area contributed by atoms with Crippen LogP contribution in [0.4, 0.5) is 17.6 Å². The van der Waals surface area contributed by atoms with E-state index in [1.165, 1.54) is 19.2 Å². The number of benzene rings is 2. The SMILES string of the molecule is COC(=O)[C@]1(c2cccc(F)c2C)C=C(c2ccc3nc(C(F)(F)F)cnc3c2)CC1. The van der Waals surface area contributed by atoms with Crippen molar-refractivity contribution < 1.29 is 27.1 Å². The third kappa shape index (κ3) is 3.56. The Balaban J connectivity index is 1.80. The van der Waals surface area contributed by atoms with E-state index >= 15 is 0 Å². The Morgan fingerprint density at radius 1 is 1.16 bits per heavy atom. The molecular formula is C23H18F4N2O2. The first-order chi connectivity index (χ1) is 14.7. The first kappa shape index (κ1) is 21.0. The van der Waals surface area contributed by atoms with Gasteiger partial charge in [0.05, 0.1) is 24.3 Å². The van der Waals surface area contributed by atoms with E-state index < -0.39 is 29.1 Å². The lowest BCUT2D eigenvalue weighted by Gasteiger charge is -2.26. The van der Waals surface area contributed by atoms with Crippen LogP contribution in [-0.4, -0.2) is 23.0 Å². The van der Waals surface area contributed by atoms with Crippen molar-refractivity contribution in [2.45, 2.75) is 31.4 Å². The van der Waals surface area contributed by atoms with Crippen LogP contribution in [0.2, 0.25) is 0 Å². The van der Waals surface area contributed by atoms with E-state index in [1.54, 1.807) is 37.3 Å². The lowest BCUT2D eigenvalue weighted by Crippen LogP contribution is -2.34. The molecule has 0 radical (unpaired) electrons. The van der Waals surface area contributed by atoms with Gasteiger partial charge in [0.15, 0.2) is 5.69 Å². The summed E-state index contributed by atoms with van der Waals surface area (Å²) in [7, 11) is 1.29. The van der Waals surface area contributed by atoms with Crippen LogP contribution in [0.5, 0.6) is 0 Å². The van der Waals surface area contributed by atoms with E-state index in [2.05, 4.69) is 9.97 Å². The highest BCUT2D eigenvalue weighted by Gasteiger charge is 2.44. The molecule has 0 saturated heterocycles. The molecule has 0 amide bonds. The van der Waals surface area contributed by atoms with E-state index in [4.69, 9.17) is 4.74 Å². The van der Waals surface area contributed by atoms with Crippen LogP contribution in [0.1, 0.15) is 35.2 Å². The second-order valence-electron chi connectivity index (χ2n) is 7.50. The van der Waals surface area contributed by atoms with Gasteiger partial charge in [0.1, 0.15) is 11.2 Å². The summed E-state index contributed by atoms with van der Waals surface area (Å²) in [4.78, 5) is 20.3. The number of allylic oxidation sites excluding steroid dienone is 1. The quantitative estimate of drug-likeness (QED) is 0.413. The third-order valence-corrected chi connectivity index (χ3v) is 5.71. The number of fused-ring (bicyclic) bond motifs is 1. The first-order valence-electron chi connectivity index (χ1n) is 9.56. The van der Waals surface area contributed by atoms with E-state index in [0.717, 1.165) is 5.57 Å². The second kappa shape index (κ2) is 7.44. The topological polar surface area (TPSA) is 52.1 Å². The molecule has 0 N–H and O–H groups in total. The Hall–Kier alpha value is -3.29. The number of methoxy groups -OCH3 is 1. The van der Waals surface area contributed by atoms with Gasteiger partial charge in [0.25, 0.3) is 0 Å². The number of nitrogens with zero attached hydrogens (tertiary/aromatic N) is 2. The molecule has 1 atom stereocenters. The van der Waals surface area contributed by atoms with Gasteiger partial charge in [0, 0.05) is 0 Å². The van der Waals surface area contributed by atoms with Crippen molar-refractivity contribution >= 4 is 22.6 Å². The van der Waals surface area contributed by atoms with Gasteiger partial charge < -0.3 is 4.74 Å². The molecule has 160 valence electrons. The van der Waals surface area contributed by atoms with Crippen molar-refractivity contribution in [1.29, 1.82) is 0 Å². The summed E-state index contributed by atoms with van der Waals surface area (Å²) in [5.41, 5.74) is 0.649. The maximum Gasteiger partial charge on any atom is 0.434 e. The molecule has 2 aromatic carbocycles. The number of hydrogen-bond donors (Lipinski definition) is 0. The fourth-order valence-electron chi connectivity index (χ4n) is 4.10. The van der Waals surface area contributed by atoms with Crippen LogP contribution in [-0.2, 0) is 21.1 Å². The highest BCUT2D eigenvalue weighted by molar-refractivity contribution is 5.92. The molecule has 3 aromatic rings. The molecule has 0 fully saturated rings. The summed E-state index contributed by atoms with van der Waals surface area (Å²) in [6.45, 7) is 1.62. The van der Waals surface area contributed by atoms with Crippen LogP contribution < -0.4 is 0 Å². The molecular weight excluding hydrogens is 412 g/mol. The summed E-state index contributed by atoms with van der Waals surface area (Å²) in [6.07, 6.45) is -1.22. The van der Waals surface area contributed by atoms with Gasteiger partial charge in [-0.15, -0.1) is 0 Å². The zero-order valence-corrected chi connectivity index (χ0v) is 16.8. The van der Waals surface area contributed by atoms with Gasteiger partial charge in [-0.3, -0.25) is 9.78 Å². The summed E-state index contributed by atoms with van der Waals surface area (Å²) < 4.78 is 57.9. The van der Waals surface area contributed by atoms with E-state index in [0.29, 0.717) is 41.2 Å². The summed E-state index contributed by atoms with van der Waals surface area (Å²) >= 11 is 0. The molecule has 1 aliphatic carbocycles. The number of carbonyl (C=O) groups is 1. The Morgan fingerprint density at radius 3 is 2.65 bits per heavy atom. The number of halogens is 4. The molecule has 0 unspecified atom stereocenters. The molecule has 1 aliphatic rings. The van der Waals surface area contributed by atoms with Crippen LogP contribution in [0.15, 0.2) is 48.7 Å². The number of ether oxygens (including phenoxy) is 1. The highest BCUT2D eigenvalue weighted by atomic mass is 19.4. The average molecular weight is 430 g/mol. The Bertz CT molecular complexity index is 1220. The standard InChI is InChI=1S/C23H18F4N2O2/c1-13-16(4-3-5-17(13)24)22(21(30)31-2)9-8-15(11-22)14-6-7-18-19(10-14)28-12-20(29-18)23(25,26)27/h3-7,10-12H,8-9H2,1-2H3/t22-/m0/s1. The predicted molar refractivity (Wildman–Crippen MR) is 107 cm³/mol. The molecule has 1 aromatic heterocycles. The van der Waals surface area contributed by atoms with Crippen LogP contribution in [0.25, 0.3) is 16.6 Å². The molecule has 0 saturated carbocycles. The maximum absolute atomic E-state index is 14.2. The minimum Gasteiger partial charge on any atom is -0.468 e. The van der Waals surface area contributed by atoms with Crippen molar-refractivity contribution in [3.05, 3.63) is 76.9 Å². The number of carbonyl (C=O) groups excluding carboxylic acids is 1. The Labute approximate surface area is 175 Å². The number of hydrogen-bond acceptors (Lipinski definition) is 4. The summed E-state index contributed by atoms with van der Waals surface area (Å²) in [5.74, 6) is -0.907. The monoisotopic (exact) mass is 430 g/mol. The number of rotatable bonds is 3. The molecule has 0 aliphatic heterocycles. The largest absolute Gasteiger partial charge is 0.468 e. The maximum atomic E-state index is 14.2. The molecule has 0 bridgehead atoms. The van der Waals surface area contributed by atoms with Gasteiger partial charge in [0.2, 0.25) is 0 Å². The van der Waals surface area contributed by atoms with Crippen molar-refractivity contribution in [3.8, 4) is 0 Å². The minimum atomic E-state index is -4.57. The van der Waals surface area contributed by atoms with Crippen LogP contribution in [0.3, 0.4) is 0 Å². The Morgan fingerprint density at radius 2 is 1.94 bits per heavy atom. The summed E-state index contributed by atoms with van der Waals surface area (Å²) in [5, 5.41) is 0. The molecule has 8 heteroatoms. The van der Waals surface area contributed by atoms with Crippen LogP contribution >= 0.6 is 0 Å². The molecule has 31 heavy (non-hydrogen) atoms. The molecule has 4 nitrogen and oxygen atoms in total. The van der Waals surface area contributed by atoms with Gasteiger partial charge in [-0.25, -0.2) is 9.37 Å². The second-order valence-corrected chi connectivity index (χ2v) is 7.50. The van der Waals surface area contributed by atoms with Gasteiger partial charge in [-0.1, -0.05) is 24.3 Å². The lowest BCUT2D eigenvalue weighted by atomic mass is 9.77. The van der Waals surface area contributed by atoms with Crippen molar-refractivity contribution in [2.24, 2.45) is 0 Å². The number of esters is 1.